The summed E-state index contributed by atoms with van der Waals surface area (Å²) in [5, 5.41) is 3.07. The molecule has 3 heteroatoms. The number of rotatable bonds is 2. The van der Waals surface area contributed by atoms with E-state index in [4.69, 9.17) is 5.73 Å². The first-order valence-electron chi connectivity index (χ1n) is 5.33. The van der Waals surface area contributed by atoms with E-state index in [0.717, 1.165) is 32.1 Å². The van der Waals surface area contributed by atoms with Crippen LogP contribution >= 0.6 is 0 Å². The minimum absolute atomic E-state index is 0.0978. The first kappa shape index (κ1) is 9.00. The number of carbonyl (C=O) groups is 1. The molecule has 0 saturated heterocycles. The van der Waals surface area contributed by atoms with Gasteiger partial charge in [-0.3, -0.25) is 4.79 Å². The Hall–Kier alpha value is -0.570. The first-order valence-corrected chi connectivity index (χ1v) is 5.33. The van der Waals surface area contributed by atoms with E-state index in [9.17, 15) is 4.79 Å². The zero-order chi connectivity index (χ0) is 9.26. The van der Waals surface area contributed by atoms with Crippen molar-refractivity contribution in [2.45, 2.75) is 50.6 Å². The van der Waals surface area contributed by atoms with Crippen LogP contribution in [0, 0.1) is 5.92 Å². The van der Waals surface area contributed by atoms with Gasteiger partial charge in [0.2, 0.25) is 5.91 Å². The third kappa shape index (κ3) is 1.85. The lowest BCUT2D eigenvalue weighted by atomic mass is 9.92. The summed E-state index contributed by atoms with van der Waals surface area (Å²) >= 11 is 0. The normalized spacial score (nSPS) is 34.2. The van der Waals surface area contributed by atoms with E-state index >= 15 is 0 Å². The Kier molecular flexibility index (Phi) is 2.54. The molecule has 0 radical (unpaired) electrons. The summed E-state index contributed by atoms with van der Waals surface area (Å²) in [6, 6.07) is 0.570. The maximum Gasteiger partial charge on any atom is 0.224 e. The molecule has 0 aromatic rings. The van der Waals surface area contributed by atoms with Gasteiger partial charge in [0, 0.05) is 12.1 Å². The molecule has 0 bridgehead atoms. The van der Waals surface area contributed by atoms with Crippen LogP contribution in [0.5, 0.6) is 0 Å². The van der Waals surface area contributed by atoms with Crippen LogP contribution in [0.4, 0.5) is 0 Å². The van der Waals surface area contributed by atoms with Gasteiger partial charge in [-0.2, -0.15) is 0 Å². The van der Waals surface area contributed by atoms with E-state index in [1.54, 1.807) is 0 Å². The molecule has 74 valence electrons. The van der Waals surface area contributed by atoms with Gasteiger partial charge in [-0.15, -0.1) is 0 Å². The summed E-state index contributed by atoms with van der Waals surface area (Å²) in [7, 11) is 0. The Morgan fingerprint density at radius 1 is 1.15 bits per heavy atom. The van der Waals surface area contributed by atoms with Gasteiger partial charge in [0.05, 0.1) is 5.92 Å². The molecule has 3 N–H and O–H groups in total. The summed E-state index contributed by atoms with van der Waals surface area (Å²) in [4.78, 5) is 11.7. The fourth-order valence-corrected chi connectivity index (χ4v) is 2.18. The van der Waals surface area contributed by atoms with E-state index in [0.29, 0.717) is 6.04 Å². The van der Waals surface area contributed by atoms with Gasteiger partial charge in [0.1, 0.15) is 0 Å². The number of nitrogens with one attached hydrogen (secondary N) is 1. The lowest BCUT2D eigenvalue weighted by molar-refractivity contribution is -0.126. The molecular formula is C10H18N2O. The third-order valence-corrected chi connectivity index (χ3v) is 3.36. The maximum atomic E-state index is 11.7. The van der Waals surface area contributed by atoms with Crippen molar-refractivity contribution in [3.05, 3.63) is 0 Å². The van der Waals surface area contributed by atoms with Crippen molar-refractivity contribution >= 4 is 5.91 Å². The van der Waals surface area contributed by atoms with Crippen molar-refractivity contribution in [2.75, 3.05) is 0 Å². The molecule has 2 unspecified atom stereocenters. The Bertz CT molecular complexity index is 201. The number of hydrogen-bond acceptors (Lipinski definition) is 2. The molecule has 0 aromatic heterocycles. The standard InChI is InChI=1S/C10H18N2O/c11-9-6-2-5-8(9)10(13)12-7-3-1-4-7/h7-9H,1-6,11H2,(H,12,13). The molecule has 0 aromatic carbocycles. The SMILES string of the molecule is NC1CCCC1C(=O)NC1CCC1. The molecule has 2 rings (SSSR count). The summed E-state index contributed by atoms with van der Waals surface area (Å²) in [6.07, 6.45) is 6.70. The predicted octanol–water partition coefficient (Wildman–Crippen LogP) is 0.782. The summed E-state index contributed by atoms with van der Waals surface area (Å²) in [6.45, 7) is 0. The highest BCUT2D eigenvalue weighted by Gasteiger charge is 2.32. The van der Waals surface area contributed by atoms with Gasteiger partial charge in [-0.1, -0.05) is 6.42 Å². The molecule has 0 heterocycles. The summed E-state index contributed by atoms with van der Waals surface area (Å²) in [5.41, 5.74) is 5.85. The molecule has 3 nitrogen and oxygen atoms in total. The van der Waals surface area contributed by atoms with Crippen LogP contribution in [0.15, 0.2) is 0 Å². The van der Waals surface area contributed by atoms with Crippen LogP contribution < -0.4 is 11.1 Å². The summed E-state index contributed by atoms with van der Waals surface area (Å²) in [5.74, 6) is 0.301. The second-order valence-corrected chi connectivity index (χ2v) is 4.34. The van der Waals surface area contributed by atoms with Crippen LogP contribution in [-0.4, -0.2) is 18.0 Å². The fourth-order valence-electron chi connectivity index (χ4n) is 2.18. The molecule has 2 aliphatic rings. The van der Waals surface area contributed by atoms with E-state index < -0.39 is 0 Å². The largest absolute Gasteiger partial charge is 0.353 e. The van der Waals surface area contributed by atoms with Crippen LogP contribution in [0.3, 0.4) is 0 Å². The average Bonchev–Trinajstić information content (AvgIpc) is 2.43. The Labute approximate surface area is 79.1 Å². The van der Waals surface area contributed by atoms with Gasteiger partial charge in [0.25, 0.3) is 0 Å². The van der Waals surface area contributed by atoms with Gasteiger partial charge < -0.3 is 11.1 Å². The highest BCUT2D eigenvalue weighted by Crippen LogP contribution is 2.25. The van der Waals surface area contributed by atoms with Crippen LogP contribution in [0.1, 0.15) is 38.5 Å². The second kappa shape index (κ2) is 3.66. The van der Waals surface area contributed by atoms with Crippen molar-refractivity contribution in [3.8, 4) is 0 Å². The minimum atomic E-state index is 0.0978. The molecule has 2 saturated carbocycles. The monoisotopic (exact) mass is 182 g/mol. The highest BCUT2D eigenvalue weighted by atomic mass is 16.2. The van der Waals surface area contributed by atoms with Crippen molar-refractivity contribution < 1.29 is 4.79 Å². The second-order valence-electron chi connectivity index (χ2n) is 4.34. The zero-order valence-corrected chi connectivity index (χ0v) is 7.96. The Balaban J connectivity index is 1.81. The van der Waals surface area contributed by atoms with Crippen molar-refractivity contribution in [3.63, 3.8) is 0 Å². The van der Waals surface area contributed by atoms with Crippen LogP contribution in [0.2, 0.25) is 0 Å². The lowest BCUT2D eigenvalue weighted by Crippen LogP contribution is -2.45. The topological polar surface area (TPSA) is 55.1 Å². The highest BCUT2D eigenvalue weighted by molar-refractivity contribution is 5.80. The zero-order valence-electron chi connectivity index (χ0n) is 7.96. The van der Waals surface area contributed by atoms with E-state index in [1.807, 2.05) is 0 Å². The number of hydrogen-bond donors (Lipinski definition) is 2. The average molecular weight is 182 g/mol. The Morgan fingerprint density at radius 2 is 1.85 bits per heavy atom. The van der Waals surface area contributed by atoms with Crippen molar-refractivity contribution in [1.82, 2.24) is 5.32 Å². The van der Waals surface area contributed by atoms with Gasteiger partial charge >= 0.3 is 0 Å². The molecule has 13 heavy (non-hydrogen) atoms. The van der Waals surface area contributed by atoms with E-state index in [1.165, 1.54) is 6.42 Å². The lowest BCUT2D eigenvalue weighted by Gasteiger charge is -2.28. The molecule has 0 aliphatic heterocycles. The molecule has 2 fully saturated rings. The predicted molar refractivity (Wildman–Crippen MR) is 51.1 cm³/mol. The molecule has 1 amide bonds. The van der Waals surface area contributed by atoms with Gasteiger partial charge in [-0.05, 0) is 32.1 Å². The van der Waals surface area contributed by atoms with E-state index in [2.05, 4.69) is 5.32 Å². The van der Waals surface area contributed by atoms with Gasteiger partial charge in [0.15, 0.2) is 0 Å². The summed E-state index contributed by atoms with van der Waals surface area (Å²) < 4.78 is 0. The van der Waals surface area contributed by atoms with Crippen molar-refractivity contribution in [2.24, 2.45) is 11.7 Å². The van der Waals surface area contributed by atoms with Crippen LogP contribution in [-0.2, 0) is 4.79 Å². The Morgan fingerprint density at radius 3 is 2.31 bits per heavy atom. The number of nitrogens with two attached hydrogens (primary N) is 1. The minimum Gasteiger partial charge on any atom is -0.353 e. The molecule has 0 spiro atoms. The number of amides is 1. The smallest absolute Gasteiger partial charge is 0.224 e. The quantitative estimate of drug-likeness (QED) is 0.663. The number of carbonyl (C=O) groups excluding carboxylic acids is 1. The third-order valence-electron chi connectivity index (χ3n) is 3.36. The van der Waals surface area contributed by atoms with Gasteiger partial charge in [-0.25, -0.2) is 0 Å². The van der Waals surface area contributed by atoms with E-state index in [-0.39, 0.29) is 17.9 Å². The van der Waals surface area contributed by atoms with Crippen molar-refractivity contribution in [1.29, 1.82) is 0 Å². The molecule has 2 aliphatic carbocycles. The van der Waals surface area contributed by atoms with Crippen LogP contribution in [0.25, 0.3) is 0 Å². The molecule has 2 atom stereocenters. The first-order chi connectivity index (χ1) is 6.27. The maximum absolute atomic E-state index is 11.7. The molecular weight excluding hydrogens is 164 g/mol. The fraction of sp³-hybridized carbons (Fsp3) is 0.900.